The lowest BCUT2D eigenvalue weighted by molar-refractivity contribution is -0.197. The van der Waals surface area contributed by atoms with Crippen LogP contribution in [0.3, 0.4) is 0 Å². The molecule has 0 amide bonds. The van der Waals surface area contributed by atoms with Gasteiger partial charge in [0.25, 0.3) is 0 Å². The highest BCUT2D eigenvalue weighted by atomic mass is 19.4. The molecule has 14 heavy (non-hydrogen) atoms. The summed E-state index contributed by atoms with van der Waals surface area (Å²) in [6.07, 6.45) is 0.0169. The molecule has 3 N–H and O–H groups in total. The molecule has 1 rings (SSSR count). The Hall–Kier alpha value is -0.290. The van der Waals surface area contributed by atoms with Crippen LogP contribution in [-0.2, 0) is 0 Å². The first-order valence-electron chi connectivity index (χ1n) is 4.84. The van der Waals surface area contributed by atoms with Crippen molar-refractivity contribution in [3.05, 3.63) is 0 Å². The van der Waals surface area contributed by atoms with Gasteiger partial charge in [-0.2, -0.15) is 13.2 Å². The molecule has 0 radical (unpaired) electrons. The first-order valence-corrected chi connectivity index (χ1v) is 4.84. The second-order valence-corrected chi connectivity index (χ2v) is 3.62. The average molecular weight is 213 g/mol. The first-order chi connectivity index (χ1) is 6.34. The standard InChI is InChI=1S/C6H13N.C3H5F3O/c7-6-4-2-1-3-5-6;1-2(7)3(4,5)6/h6H,1-5,7H2;2,7H,1H3. The molecule has 0 bridgehead atoms. The molecule has 0 aromatic heterocycles. The van der Waals surface area contributed by atoms with Crippen LogP contribution in [0.4, 0.5) is 13.2 Å². The molecule has 0 heterocycles. The first kappa shape index (κ1) is 13.7. The largest absolute Gasteiger partial charge is 0.414 e. The van der Waals surface area contributed by atoms with Crippen LogP contribution in [0.15, 0.2) is 0 Å². The normalized spacial score (nSPS) is 21.0. The maximum Gasteiger partial charge on any atom is 0.414 e. The van der Waals surface area contributed by atoms with Gasteiger partial charge in [-0.1, -0.05) is 19.3 Å². The van der Waals surface area contributed by atoms with E-state index >= 15 is 0 Å². The third-order valence-corrected chi connectivity index (χ3v) is 2.12. The number of hydrogen-bond acceptors (Lipinski definition) is 2. The number of rotatable bonds is 0. The minimum atomic E-state index is -4.44. The van der Waals surface area contributed by atoms with Gasteiger partial charge < -0.3 is 10.8 Å². The van der Waals surface area contributed by atoms with Crippen molar-refractivity contribution in [2.24, 2.45) is 5.73 Å². The van der Waals surface area contributed by atoms with Gasteiger partial charge in [0.1, 0.15) is 6.10 Å². The van der Waals surface area contributed by atoms with Crippen molar-refractivity contribution in [1.82, 2.24) is 0 Å². The van der Waals surface area contributed by atoms with Crippen molar-refractivity contribution in [3.63, 3.8) is 0 Å². The fourth-order valence-electron chi connectivity index (χ4n) is 1.13. The monoisotopic (exact) mass is 213 g/mol. The van der Waals surface area contributed by atoms with E-state index in [1.165, 1.54) is 32.1 Å². The van der Waals surface area contributed by atoms with E-state index in [1.807, 2.05) is 0 Å². The predicted octanol–water partition coefficient (Wildman–Crippen LogP) is 2.21. The van der Waals surface area contributed by atoms with E-state index in [-0.39, 0.29) is 0 Å². The van der Waals surface area contributed by atoms with E-state index in [0.29, 0.717) is 13.0 Å². The summed E-state index contributed by atoms with van der Waals surface area (Å²) >= 11 is 0. The second-order valence-electron chi connectivity index (χ2n) is 3.62. The van der Waals surface area contributed by atoms with E-state index in [1.54, 1.807) is 0 Å². The van der Waals surface area contributed by atoms with Gasteiger partial charge in [-0.25, -0.2) is 0 Å². The van der Waals surface area contributed by atoms with Crippen LogP contribution >= 0.6 is 0 Å². The quantitative estimate of drug-likeness (QED) is 0.648. The van der Waals surface area contributed by atoms with Crippen molar-refractivity contribution in [2.45, 2.75) is 57.3 Å². The molecule has 1 fully saturated rings. The summed E-state index contributed by atoms with van der Waals surface area (Å²) in [6, 6.07) is 0.536. The fourth-order valence-corrected chi connectivity index (χ4v) is 1.13. The number of halogens is 3. The minimum Gasteiger partial charge on any atom is -0.384 e. The lowest BCUT2D eigenvalue weighted by Crippen LogP contribution is -2.24. The summed E-state index contributed by atoms with van der Waals surface area (Å²) < 4.78 is 32.8. The van der Waals surface area contributed by atoms with Gasteiger partial charge in [0.2, 0.25) is 0 Å². The van der Waals surface area contributed by atoms with Crippen molar-refractivity contribution in [1.29, 1.82) is 0 Å². The Kier molecular flexibility index (Phi) is 6.11. The number of hydrogen-bond donors (Lipinski definition) is 2. The van der Waals surface area contributed by atoms with E-state index in [9.17, 15) is 13.2 Å². The average Bonchev–Trinajstić information content (AvgIpc) is 2.04. The topological polar surface area (TPSA) is 46.2 Å². The summed E-state index contributed by atoms with van der Waals surface area (Å²) in [6.45, 7) is 0.681. The summed E-state index contributed by atoms with van der Waals surface area (Å²) in [7, 11) is 0. The Morgan fingerprint density at radius 1 is 1.21 bits per heavy atom. The van der Waals surface area contributed by atoms with Crippen molar-refractivity contribution >= 4 is 0 Å². The van der Waals surface area contributed by atoms with Gasteiger partial charge in [0.05, 0.1) is 0 Å². The smallest absolute Gasteiger partial charge is 0.384 e. The van der Waals surface area contributed by atoms with Crippen LogP contribution in [0.1, 0.15) is 39.0 Å². The number of aliphatic hydroxyl groups excluding tert-OH is 1. The van der Waals surface area contributed by atoms with Crippen molar-refractivity contribution in [2.75, 3.05) is 0 Å². The lowest BCUT2D eigenvalue weighted by atomic mass is 9.97. The molecule has 0 aromatic carbocycles. The predicted molar refractivity (Wildman–Crippen MR) is 48.8 cm³/mol. The highest BCUT2D eigenvalue weighted by molar-refractivity contribution is 4.66. The summed E-state index contributed by atoms with van der Waals surface area (Å²) in [5.41, 5.74) is 5.63. The highest BCUT2D eigenvalue weighted by Crippen LogP contribution is 2.18. The zero-order valence-corrected chi connectivity index (χ0v) is 8.35. The zero-order chi connectivity index (χ0) is 11.2. The maximum atomic E-state index is 10.9. The maximum absolute atomic E-state index is 10.9. The van der Waals surface area contributed by atoms with Gasteiger partial charge in [-0.05, 0) is 19.8 Å². The van der Waals surface area contributed by atoms with Crippen LogP contribution in [-0.4, -0.2) is 23.4 Å². The van der Waals surface area contributed by atoms with E-state index in [2.05, 4.69) is 0 Å². The van der Waals surface area contributed by atoms with Gasteiger partial charge in [-0.3, -0.25) is 0 Å². The Labute approximate surface area is 82.3 Å². The molecule has 2 nitrogen and oxygen atoms in total. The second kappa shape index (κ2) is 6.24. The van der Waals surface area contributed by atoms with Gasteiger partial charge >= 0.3 is 6.18 Å². The van der Waals surface area contributed by atoms with Crippen molar-refractivity contribution < 1.29 is 18.3 Å². The van der Waals surface area contributed by atoms with Crippen LogP contribution < -0.4 is 5.73 Å². The summed E-state index contributed by atoms with van der Waals surface area (Å²) in [5, 5.41) is 7.76. The Bertz CT molecular complexity index is 141. The van der Waals surface area contributed by atoms with Gasteiger partial charge in [-0.15, -0.1) is 0 Å². The van der Waals surface area contributed by atoms with Crippen LogP contribution in [0.25, 0.3) is 0 Å². The SMILES string of the molecule is CC(O)C(F)(F)F.NC1CCCCC1. The van der Waals surface area contributed by atoms with Gasteiger partial charge in [0.15, 0.2) is 0 Å². The molecule has 1 saturated carbocycles. The minimum absolute atomic E-state index is 0.536. The molecule has 0 spiro atoms. The van der Waals surface area contributed by atoms with Crippen LogP contribution in [0.5, 0.6) is 0 Å². The lowest BCUT2D eigenvalue weighted by Gasteiger charge is -2.15. The molecular formula is C9H18F3NO. The summed E-state index contributed by atoms with van der Waals surface area (Å²) in [4.78, 5) is 0. The molecule has 0 aliphatic heterocycles. The highest BCUT2D eigenvalue weighted by Gasteiger charge is 2.33. The molecule has 86 valence electrons. The molecule has 1 aliphatic rings. The molecule has 1 atom stereocenters. The fraction of sp³-hybridized carbons (Fsp3) is 1.00. The van der Waals surface area contributed by atoms with E-state index in [4.69, 9.17) is 10.8 Å². The van der Waals surface area contributed by atoms with Crippen LogP contribution in [0.2, 0.25) is 0 Å². The molecule has 0 aromatic rings. The number of aliphatic hydroxyl groups is 1. The van der Waals surface area contributed by atoms with Gasteiger partial charge in [0, 0.05) is 6.04 Å². The molecule has 0 saturated heterocycles. The van der Waals surface area contributed by atoms with Crippen molar-refractivity contribution in [3.8, 4) is 0 Å². The number of alkyl halides is 3. The van der Waals surface area contributed by atoms with E-state index in [0.717, 1.165) is 0 Å². The summed E-state index contributed by atoms with van der Waals surface area (Å²) in [5.74, 6) is 0. The molecular weight excluding hydrogens is 195 g/mol. The third kappa shape index (κ3) is 7.15. The molecule has 1 unspecified atom stereocenters. The molecule has 1 aliphatic carbocycles. The zero-order valence-electron chi connectivity index (χ0n) is 8.35. The molecule has 5 heteroatoms. The number of nitrogens with two attached hydrogens (primary N) is 1. The Morgan fingerprint density at radius 3 is 1.71 bits per heavy atom. The van der Waals surface area contributed by atoms with Crippen LogP contribution in [0, 0.1) is 0 Å². The Morgan fingerprint density at radius 2 is 1.57 bits per heavy atom. The third-order valence-electron chi connectivity index (χ3n) is 2.12. The van der Waals surface area contributed by atoms with E-state index < -0.39 is 12.3 Å². The Balaban J connectivity index is 0.000000241.